The molecule has 1 aromatic heterocycles. The molecule has 2 saturated heterocycles. The average Bonchev–Trinajstić information content (AvgIpc) is 3.01. The number of likely N-dealkylation sites (tertiary alicyclic amines) is 2. The Kier molecular flexibility index (Phi) is 3.61. The van der Waals surface area contributed by atoms with Gasteiger partial charge in [-0.15, -0.1) is 11.3 Å². The van der Waals surface area contributed by atoms with Gasteiger partial charge in [-0.2, -0.15) is 0 Å². The summed E-state index contributed by atoms with van der Waals surface area (Å²) in [7, 11) is 0. The maximum Gasteiger partial charge on any atom is 0.222 e. The van der Waals surface area contributed by atoms with Crippen LogP contribution in [0.4, 0.5) is 0 Å². The van der Waals surface area contributed by atoms with Gasteiger partial charge in [0.05, 0.1) is 6.54 Å². The molecule has 5 heteroatoms. The van der Waals surface area contributed by atoms with Gasteiger partial charge in [0.25, 0.3) is 0 Å². The van der Waals surface area contributed by atoms with Crippen molar-refractivity contribution < 1.29 is 4.79 Å². The van der Waals surface area contributed by atoms with E-state index in [2.05, 4.69) is 14.8 Å². The molecule has 0 saturated carbocycles. The quantitative estimate of drug-likeness (QED) is 0.835. The third kappa shape index (κ3) is 2.57. The summed E-state index contributed by atoms with van der Waals surface area (Å²) in [6.45, 7) is 4.06. The number of amides is 1. The Morgan fingerprint density at radius 2 is 2.33 bits per heavy atom. The van der Waals surface area contributed by atoms with Crippen molar-refractivity contribution in [3.8, 4) is 0 Å². The number of carbonyl (C=O) groups is 1. The third-order valence-electron chi connectivity index (χ3n) is 3.87. The Morgan fingerprint density at radius 1 is 1.39 bits per heavy atom. The summed E-state index contributed by atoms with van der Waals surface area (Å²) in [6, 6.07) is 0.439. The largest absolute Gasteiger partial charge is 0.338 e. The summed E-state index contributed by atoms with van der Waals surface area (Å²) >= 11 is 1.72. The van der Waals surface area contributed by atoms with E-state index in [0.29, 0.717) is 11.9 Å². The molecular weight excluding hydrogens is 246 g/mol. The fraction of sp³-hybridized carbons (Fsp3) is 0.692. The van der Waals surface area contributed by atoms with Crippen LogP contribution in [0.15, 0.2) is 11.6 Å². The zero-order valence-corrected chi connectivity index (χ0v) is 11.4. The number of rotatable bonds is 3. The van der Waals surface area contributed by atoms with Crippen molar-refractivity contribution in [1.29, 1.82) is 0 Å². The Bertz CT molecular complexity index is 406. The summed E-state index contributed by atoms with van der Waals surface area (Å²) in [5.41, 5.74) is 0. The second-order valence-corrected chi connectivity index (χ2v) is 6.13. The van der Waals surface area contributed by atoms with Crippen molar-refractivity contribution in [2.24, 2.45) is 0 Å². The smallest absolute Gasteiger partial charge is 0.222 e. The molecular formula is C13H19N3OS. The molecule has 3 heterocycles. The number of hydrogen-bond acceptors (Lipinski definition) is 4. The van der Waals surface area contributed by atoms with Crippen LogP contribution in [0.5, 0.6) is 0 Å². The molecule has 2 fully saturated rings. The number of nitrogens with zero attached hydrogens (tertiary/aromatic N) is 3. The molecule has 0 aliphatic carbocycles. The lowest BCUT2D eigenvalue weighted by molar-refractivity contribution is -0.130. The molecule has 1 amide bonds. The fourth-order valence-corrected chi connectivity index (χ4v) is 3.66. The van der Waals surface area contributed by atoms with Crippen LogP contribution in [0.1, 0.15) is 30.7 Å². The zero-order chi connectivity index (χ0) is 12.4. The number of aromatic nitrogens is 1. The van der Waals surface area contributed by atoms with Gasteiger partial charge in [0.15, 0.2) is 0 Å². The van der Waals surface area contributed by atoms with E-state index >= 15 is 0 Å². The fourth-order valence-electron chi connectivity index (χ4n) is 3.01. The van der Waals surface area contributed by atoms with Crippen LogP contribution >= 0.6 is 11.3 Å². The number of thiazole rings is 1. The van der Waals surface area contributed by atoms with E-state index in [0.717, 1.165) is 39.0 Å². The van der Waals surface area contributed by atoms with E-state index in [1.807, 2.05) is 11.6 Å². The highest BCUT2D eigenvalue weighted by molar-refractivity contribution is 7.09. The molecule has 3 rings (SSSR count). The monoisotopic (exact) mass is 265 g/mol. The molecule has 2 aliphatic heterocycles. The molecule has 1 atom stereocenters. The second-order valence-electron chi connectivity index (χ2n) is 5.15. The van der Waals surface area contributed by atoms with Crippen molar-refractivity contribution in [2.45, 2.75) is 38.3 Å². The first-order valence-electron chi connectivity index (χ1n) is 6.73. The average molecular weight is 265 g/mol. The van der Waals surface area contributed by atoms with Crippen LogP contribution in [-0.4, -0.2) is 46.4 Å². The molecule has 2 aliphatic rings. The van der Waals surface area contributed by atoms with Crippen molar-refractivity contribution >= 4 is 17.2 Å². The topological polar surface area (TPSA) is 36.4 Å². The molecule has 1 aromatic rings. The molecule has 0 bridgehead atoms. The number of hydrogen-bond donors (Lipinski definition) is 0. The van der Waals surface area contributed by atoms with Crippen LogP contribution in [0, 0.1) is 0 Å². The van der Waals surface area contributed by atoms with E-state index in [4.69, 9.17) is 0 Å². The van der Waals surface area contributed by atoms with Crippen molar-refractivity contribution in [1.82, 2.24) is 14.8 Å². The highest BCUT2D eigenvalue weighted by atomic mass is 32.1. The zero-order valence-electron chi connectivity index (χ0n) is 10.5. The van der Waals surface area contributed by atoms with Crippen LogP contribution < -0.4 is 0 Å². The second kappa shape index (κ2) is 5.36. The normalized spacial score (nSPS) is 25.9. The van der Waals surface area contributed by atoms with Crippen molar-refractivity contribution in [3.63, 3.8) is 0 Å². The Hall–Kier alpha value is -0.940. The molecule has 0 radical (unpaired) electrons. The first kappa shape index (κ1) is 12.1. The van der Waals surface area contributed by atoms with Crippen molar-refractivity contribution in [3.05, 3.63) is 16.6 Å². The number of piperidine rings is 1. The summed E-state index contributed by atoms with van der Waals surface area (Å²) in [6.07, 6.45) is 6.02. The van der Waals surface area contributed by atoms with Gasteiger partial charge in [-0.1, -0.05) is 0 Å². The minimum Gasteiger partial charge on any atom is -0.338 e. The minimum absolute atomic E-state index is 0.357. The van der Waals surface area contributed by atoms with E-state index in [1.165, 1.54) is 17.8 Å². The van der Waals surface area contributed by atoms with Crippen LogP contribution in [0.2, 0.25) is 0 Å². The summed E-state index contributed by atoms with van der Waals surface area (Å²) in [4.78, 5) is 20.7. The van der Waals surface area contributed by atoms with Crippen LogP contribution in [0.3, 0.4) is 0 Å². The van der Waals surface area contributed by atoms with E-state index < -0.39 is 0 Å². The maximum atomic E-state index is 11.8. The minimum atomic E-state index is 0.357. The van der Waals surface area contributed by atoms with Crippen molar-refractivity contribution in [2.75, 3.05) is 19.6 Å². The lowest BCUT2D eigenvalue weighted by Gasteiger charge is -2.37. The predicted octanol–water partition coefficient (Wildman–Crippen LogP) is 1.73. The lowest BCUT2D eigenvalue weighted by atomic mass is 10.0. The van der Waals surface area contributed by atoms with E-state index in [-0.39, 0.29) is 0 Å². The molecule has 4 nitrogen and oxygen atoms in total. The third-order valence-corrected chi connectivity index (χ3v) is 4.64. The highest BCUT2D eigenvalue weighted by Crippen LogP contribution is 2.22. The first-order chi connectivity index (χ1) is 8.83. The first-order valence-corrected chi connectivity index (χ1v) is 7.61. The van der Waals surface area contributed by atoms with E-state index in [9.17, 15) is 4.79 Å². The number of carbonyl (C=O) groups excluding carboxylic acids is 1. The highest BCUT2D eigenvalue weighted by Gasteiger charge is 2.31. The summed E-state index contributed by atoms with van der Waals surface area (Å²) in [5, 5.41) is 3.21. The van der Waals surface area contributed by atoms with Gasteiger partial charge >= 0.3 is 0 Å². The predicted molar refractivity (Wildman–Crippen MR) is 71.4 cm³/mol. The lowest BCUT2D eigenvalue weighted by Crippen LogP contribution is -2.48. The van der Waals surface area contributed by atoms with Gasteiger partial charge in [0, 0.05) is 37.1 Å². The Morgan fingerprint density at radius 3 is 3.06 bits per heavy atom. The maximum absolute atomic E-state index is 11.8. The van der Waals surface area contributed by atoms with Gasteiger partial charge in [-0.25, -0.2) is 4.98 Å². The van der Waals surface area contributed by atoms with Crippen LogP contribution in [0.25, 0.3) is 0 Å². The van der Waals surface area contributed by atoms with Gasteiger partial charge < -0.3 is 4.90 Å². The molecule has 0 N–H and O–H groups in total. The Labute approximate surface area is 112 Å². The molecule has 0 unspecified atom stereocenters. The molecule has 18 heavy (non-hydrogen) atoms. The van der Waals surface area contributed by atoms with Crippen LogP contribution in [-0.2, 0) is 11.3 Å². The SMILES string of the molecule is O=C1CCCN1[C@@H]1CCCN(Cc2nccs2)C1. The molecule has 98 valence electrons. The van der Waals surface area contributed by atoms with E-state index in [1.54, 1.807) is 11.3 Å². The summed E-state index contributed by atoms with van der Waals surface area (Å²) < 4.78 is 0. The van der Waals surface area contributed by atoms with Gasteiger partial charge in [-0.05, 0) is 25.8 Å². The van der Waals surface area contributed by atoms with Gasteiger partial charge in [-0.3, -0.25) is 9.69 Å². The molecule has 0 spiro atoms. The van der Waals surface area contributed by atoms with Gasteiger partial charge in [0.2, 0.25) is 5.91 Å². The Balaban J connectivity index is 1.59. The summed E-state index contributed by atoms with van der Waals surface area (Å²) in [5.74, 6) is 0.357. The molecule has 0 aromatic carbocycles. The van der Waals surface area contributed by atoms with Gasteiger partial charge in [0.1, 0.15) is 5.01 Å². The standard InChI is InChI=1S/C13H19N3OS/c17-13-4-2-7-16(13)11-3-1-6-15(9-11)10-12-14-5-8-18-12/h5,8,11H,1-4,6-7,9-10H2/t11-/m1/s1.